The molecule has 8 atom stereocenters. The van der Waals surface area contributed by atoms with Crippen LogP contribution in [0, 0.1) is 51.8 Å². The van der Waals surface area contributed by atoms with Crippen molar-refractivity contribution in [1.29, 1.82) is 0 Å². The quantitative estimate of drug-likeness (QED) is 0.435. The van der Waals surface area contributed by atoms with Crippen LogP contribution in [0.5, 0.6) is 0 Å². The van der Waals surface area contributed by atoms with Gasteiger partial charge in [0, 0.05) is 0 Å². The molecule has 5 aliphatic carbocycles. The maximum absolute atomic E-state index is 2.75. The lowest BCUT2D eigenvalue weighted by Crippen LogP contribution is -2.41. The van der Waals surface area contributed by atoms with Crippen molar-refractivity contribution in [3.05, 3.63) is 35.5 Å². The molecule has 5 aliphatic rings. The van der Waals surface area contributed by atoms with Gasteiger partial charge in [-0.1, -0.05) is 65.8 Å². The molecular formula is C28H42. The van der Waals surface area contributed by atoms with Gasteiger partial charge in [-0.3, -0.25) is 0 Å². The highest BCUT2D eigenvalue weighted by Crippen LogP contribution is 2.79. The van der Waals surface area contributed by atoms with Crippen LogP contribution in [0.1, 0.15) is 86.5 Å². The minimum absolute atomic E-state index is 0.475. The Morgan fingerprint density at radius 2 is 1.75 bits per heavy atom. The van der Waals surface area contributed by atoms with Gasteiger partial charge in [-0.15, -0.1) is 0 Å². The van der Waals surface area contributed by atoms with Crippen molar-refractivity contribution in [2.75, 3.05) is 0 Å². The third-order valence-electron chi connectivity index (χ3n) is 10.9. The monoisotopic (exact) mass is 378 g/mol. The van der Waals surface area contributed by atoms with Crippen LogP contribution in [0.25, 0.3) is 0 Å². The molecular weight excluding hydrogens is 336 g/mol. The van der Waals surface area contributed by atoms with Crippen LogP contribution in [0.2, 0.25) is 0 Å². The zero-order chi connectivity index (χ0) is 19.9. The number of rotatable bonds is 4. The molecule has 0 saturated heterocycles. The van der Waals surface area contributed by atoms with Gasteiger partial charge in [0.15, 0.2) is 0 Å². The van der Waals surface area contributed by atoms with Crippen LogP contribution in [0.4, 0.5) is 0 Å². The Morgan fingerprint density at radius 3 is 2.46 bits per heavy atom. The van der Waals surface area contributed by atoms with Gasteiger partial charge in [-0.25, -0.2) is 0 Å². The van der Waals surface area contributed by atoms with E-state index < -0.39 is 0 Å². The van der Waals surface area contributed by atoms with Crippen molar-refractivity contribution >= 4 is 0 Å². The molecule has 154 valence electrons. The summed E-state index contributed by atoms with van der Waals surface area (Å²) in [4.78, 5) is 0. The summed E-state index contributed by atoms with van der Waals surface area (Å²) in [5, 5.41) is 0. The summed E-state index contributed by atoms with van der Waals surface area (Å²) in [5.41, 5.74) is 5.29. The Morgan fingerprint density at radius 1 is 0.964 bits per heavy atom. The lowest BCUT2D eigenvalue weighted by Gasteiger charge is -2.50. The molecule has 0 radical (unpaired) electrons. The topological polar surface area (TPSA) is 0 Å². The Hall–Kier alpha value is -0.780. The van der Waals surface area contributed by atoms with Crippen molar-refractivity contribution in [3.8, 4) is 0 Å². The van der Waals surface area contributed by atoms with E-state index in [4.69, 9.17) is 0 Å². The molecule has 0 nitrogen and oxygen atoms in total. The van der Waals surface area contributed by atoms with Crippen LogP contribution in [-0.4, -0.2) is 0 Å². The molecule has 1 unspecified atom stereocenters. The van der Waals surface area contributed by atoms with Gasteiger partial charge >= 0.3 is 0 Å². The highest BCUT2D eigenvalue weighted by Gasteiger charge is 2.70. The lowest BCUT2D eigenvalue weighted by atomic mass is 9.54. The first kappa shape index (κ1) is 19.2. The first-order valence-electron chi connectivity index (χ1n) is 12.3. The summed E-state index contributed by atoms with van der Waals surface area (Å²) in [6.07, 6.45) is 20.6. The Labute approximate surface area is 173 Å². The molecule has 0 aromatic carbocycles. The van der Waals surface area contributed by atoms with Crippen molar-refractivity contribution in [1.82, 2.24) is 0 Å². The largest absolute Gasteiger partial charge is 0.0852 e. The second kappa shape index (κ2) is 6.12. The zero-order valence-corrected chi connectivity index (χ0v) is 19.2. The highest BCUT2D eigenvalue weighted by molar-refractivity contribution is 5.50. The molecule has 0 aliphatic heterocycles. The van der Waals surface area contributed by atoms with Crippen LogP contribution in [0.3, 0.4) is 0 Å². The van der Waals surface area contributed by atoms with Gasteiger partial charge in [0.05, 0.1) is 0 Å². The molecule has 0 heteroatoms. The number of fused-ring (bicyclic) bond motifs is 4. The van der Waals surface area contributed by atoms with Crippen LogP contribution < -0.4 is 0 Å². The summed E-state index contributed by atoms with van der Waals surface area (Å²) in [5.74, 6) is 4.85. The number of hydrogen-bond acceptors (Lipinski definition) is 0. The fourth-order valence-electron chi connectivity index (χ4n) is 8.38. The average Bonchev–Trinajstić information content (AvgIpc) is 3.14. The maximum atomic E-state index is 2.75. The summed E-state index contributed by atoms with van der Waals surface area (Å²) in [6.45, 7) is 14.8. The van der Waals surface area contributed by atoms with E-state index in [1.54, 1.807) is 0 Å². The number of allylic oxidation sites excluding steroid dienone is 6. The molecule has 0 aromatic heterocycles. The highest BCUT2D eigenvalue weighted by atomic mass is 14.7. The molecule has 3 fully saturated rings. The maximum Gasteiger partial charge on any atom is -0.00135 e. The third kappa shape index (κ3) is 2.36. The van der Waals surface area contributed by atoms with Crippen molar-refractivity contribution in [2.45, 2.75) is 86.5 Å². The van der Waals surface area contributed by atoms with E-state index in [1.165, 1.54) is 44.9 Å². The van der Waals surface area contributed by atoms with Gasteiger partial charge < -0.3 is 0 Å². The second-order valence-electron chi connectivity index (χ2n) is 12.2. The molecule has 5 rings (SSSR count). The van der Waals surface area contributed by atoms with Crippen LogP contribution in [-0.2, 0) is 0 Å². The van der Waals surface area contributed by atoms with Gasteiger partial charge in [0.2, 0.25) is 0 Å². The van der Waals surface area contributed by atoms with E-state index in [2.05, 4.69) is 65.8 Å². The third-order valence-corrected chi connectivity index (χ3v) is 10.9. The summed E-state index contributed by atoms with van der Waals surface area (Å²) in [6, 6.07) is 0. The SMILES string of the molecule is CC(C)[C@@H](C)/C=C/[C@@H](C)[C@H]1CC[C@H]2C3=CC[C@]45CC4CC[C@]5(C)C3=CC[C@]12C. The molecule has 0 aromatic rings. The Balaban J connectivity index is 1.41. The van der Waals surface area contributed by atoms with Crippen LogP contribution in [0.15, 0.2) is 35.5 Å². The van der Waals surface area contributed by atoms with E-state index in [-0.39, 0.29) is 0 Å². The summed E-state index contributed by atoms with van der Waals surface area (Å²) < 4.78 is 0. The van der Waals surface area contributed by atoms with E-state index in [1.807, 2.05) is 11.1 Å². The van der Waals surface area contributed by atoms with Gasteiger partial charge in [0.25, 0.3) is 0 Å². The van der Waals surface area contributed by atoms with E-state index in [0.717, 1.165) is 23.7 Å². The molecule has 28 heavy (non-hydrogen) atoms. The summed E-state index contributed by atoms with van der Waals surface area (Å²) >= 11 is 0. The Bertz CT molecular complexity index is 750. The first-order chi connectivity index (χ1) is 13.2. The minimum Gasteiger partial charge on any atom is -0.0852 e. The molecule has 0 bridgehead atoms. The van der Waals surface area contributed by atoms with Crippen molar-refractivity contribution in [2.24, 2.45) is 51.8 Å². The molecule has 0 N–H and O–H groups in total. The molecule has 3 saturated carbocycles. The van der Waals surface area contributed by atoms with E-state index in [9.17, 15) is 0 Å². The van der Waals surface area contributed by atoms with Gasteiger partial charge in [-0.2, -0.15) is 0 Å². The average molecular weight is 379 g/mol. The fourth-order valence-corrected chi connectivity index (χ4v) is 8.38. The standard InChI is InChI=1S/C28H42/c1-18(2)19(3)7-8-20(4)23-9-10-24-22-12-16-28-17-21(28)11-15-27(28,6)25(22)13-14-26(23,24)5/h7-8,12-13,18-21,23-24H,9-11,14-17H2,1-6H3/b8-7+/t19-,20+,21?,23+,24-,26+,27+,28-/m0/s1. The predicted octanol–water partition coefficient (Wildman–Crippen LogP) is 7.97. The molecule has 1 spiro atoms. The van der Waals surface area contributed by atoms with Crippen molar-refractivity contribution < 1.29 is 0 Å². The van der Waals surface area contributed by atoms with E-state index >= 15 is 0 Å². The van der Waals surface area contributed by atoms with Gasteiger partial charge in [0.1, 0.15) is 0 Å². The Kier molecular flexibility index (Phi) is 4.19. The summed E-state index contributed by atoms with van der Waals surface area (Å²) in [7, 11) is 0. The normalized spacial score (nSPS) is 48.5. The first-order valence-corrected chi connectivity index (χ1v) is 12.3. The van der Waals surface area contributed by atoms with Crippen LogP contribution >= 0.6 is 0 Å². The molecule has 0 amide bonds. The lowest BCUT2D eigenvalue weighted by molar-refractivity contribution is 0.129. The fraction of sp³-hybridized carbons (Fsp3) is 0.786. The smallest absolute Gasteiger partial charge is 0.00135 e. The zero-order valence-electron chi connectivity index (χ0n) is 19.2. The number of hydrogen-bond donors (Lipinski definition) is 0. The van der Waals surface area contributed by atoms with Gasteiger partial charge in [-0.05, 0) is 108 Å². The second-order valence-corrected chi connectivity index (χ2v) is 12.2. The van der Waals surface area contributed by atoms with E-state index in [0.29, 0.717) is 28.1 Å². The predicted molar refractivity (Wildman–Crippen MR) is 120 cm³/mol. The van der Waals surface area contributed by atoms with Crippen molar-refractivity contribution in [3.63, 3.8) is 0 Å². The molecule has 0 heterocycles. The minimum atomic E-state index is 0.475.